The lowest BCUT2D eigenvalue weighted by molar-refractivity contribution is 0.0462. The zero-order chi connectivity index (χ0) is 11.4. The highest BCUT2D eigenvalue weighted by atomic mass is 16.5. The van der Waals surface area contributed by atoms with E-state index in [0.717, 1.165) is 30.7 Å². The maximum Gasteiger partial charge on any atom is 0.126 e. The molecule has 1 aliphatic rings. The maximum atomic E-state index is 10.0. The Morgan fingerprint density at radius 1 is 1.50 bits per heavy atom. The Bertz CT molecular complexity index is 297. The van der Waals surface area contributed by atoms with Gasteiger partial charge in [-0.3, -0.25) is 0 Å². The summed E-state index contributed by atoms with van der Waals surface area (Å²) in [4.78, 5) is 0. The van der Waals surface area contributed by atoms with E-state index in [0.29, 0.717) is 5.92 Å². The number of aliphatic hydroxyl groups excluding tert-OH is 1. The zero-order valence-corrected chi connectivity index (χ0v) is 9.93. The SMILES string of the molecule is CCCC1CCC(O)C(Cc2cnoc2)C1. The van der Waals surface area contributed by atoms with Gasteiger partial charge in [0.15, 0.2) is 0 Å². The summed E-state index contributed by atoms with van der Waals surface area (Å²) in [7, 11) is 0. The molecule has 1 heterocycles. The fourth-order valence-corrected chi connectivity index (χ4v) is 2.87. The monoisotopic (exact) mass is 223 g/mol. The van der Waals surface area contributed by atoms with Crippen LogP contribution in [-0.4, -0.2) is 16.4 Å². The lowest BCUT2D eigenvalue weighted by Crippen LogP contribution is -2.30. The second kappa shape index (κ2) is 5.48. The van der Waals surface area contributed by atoms with Crippen molar-refractivity contribution >= 4 is 0 Å². The summed E-state index contributed by atoms with van der Waals surface area (Å²) >= 11 is 0. The van der Waals surface area contributed by atoms with Crippen LogP contribution in [0.3, 0.4) is 0 Å². The topological polar surface area (TPSA) is 46.3 Å². The van der Waals surface area contributed by atoms with Gasteiger partial charge in [-0.2, -0.15) is 0 Å². The molecule has 3 nitrogen and oxygen atoms in total. The summed E-state index contributed by atoms with van der Waals surface area (Å²) in [6, 6.07) is 0. The van der Waals surface area contributed by atoms with Crippen molar-refractivity contribution in [2.45, 2.75) is 51.6 Å². The van der Waals surface area contributed by atoms with Crippen LogP contribution in [0, 0.1) is 11.8 Å². The van der Waals surface area contributed by atoms with Gasteiger partial charge < -0.3 is 9.63 Å². The lowest BCUT2D eigenvalue weighted by atomic mass is 9.75. The number of nitrogens with zero attached hydrogens (tertiary/aromatic N) is 1. The Morgan fingerprint density at radius 2 is 2.38 bits per heavy atom. The molecule has 1 aromatic rings. The minimum absolute atomic E-state index is 0.136. The minimum atomic E-state index is -0.136. The number of rotatable bonds is 4. The van der Waals surface area contributed by atoms with E-state index in [4.69, 9.17) is 4.52 Å². The van der Waals surface area contributed by atoms with E-state index in [1.807, 2.05) is 0 Å². The van der Waals surface area contributed by atoms with Crippen LogP contribution in [-0.2, 0) is 6.42 Å². The van der Waals surface area contributed by atoms with E-state index in [2.05, 4.69) is 12.1 Å². The van der Waals surface area contributed by atoms with Gasteiger partial charge in [-0.1, -0.05) is 24.9 Å². The molecule has 1 saturated carbocycles. The summed E-state index contributed by atoms with van der Waals surface area (Å²) in [6.45, 7) is 2.24. The molecule has 1 aliphatic carbocycles. The first-order valence-corrected chi connectivity index (χ1v) is 6.36. The molecule has 0 aromatic carbocycles. The zero-order valence-electron chi connectivity index (χ0n) is 9.93. The van der Waals surface area contributed by atoms with Gasteiger partial charge in [0, 0.05) is 5.56 Å². The van der Waals surface area contributed by atoms with Gasteiger partial charge in [0.1, 0.15) is 6.26 Å². The van der Waals surface area contributed by atoms with Gasteiger partial charge in [0.2, 0.25) is 0 Å². The fraction of sp³-hybridized carbons (Fsp3) is 0.769. The maximum absolute atomic E-state index is 10.0. The van der Waals surface area contributed by atoms with E-state index in [-0.39, 0.29) is 6.10 Å². The Labute approximate surface area is 96.8 Å². The molecule has 0 radical (unpaired) electrons. The largest absolute Gasteiger partial charge is 0.393 e. The predicted molar refractivity (Wildman–Crippen MR) is 62.0 cm³/mol. The van der Waals surface area contributed by atoms with E-state index in [1.54, 1.807) is 12.5 Å². The van der Waals surface area contributed by atoms with E-state index < -0.39 is 0 Å². The van der Waals surface area contributed by atoms with Crippen LogP contribution in [0.15, 0.2) is 17.0 Å². The van der Waals surface area contributed by atoms with Crippen molar-refractivity contribution in [1.29, 1.82) is 0 Å². The highest BCUT2D eigenvalue weighted by Crippen LogP contribution is 2.34. The second-order valence-corrected chi connectivity index (χ2v) is 5.03. The molecule has 3 unspecified atom stereocenters. The first kappa shape index (κ1) is 11.6. The third-order valence-electron chi connectivity index (χ3n) is 3.73. The van der Waals surface area contributed by atoms with Crippen molar-refractivity contribution in [3.63, 3.8) is 0 Å². The summed E-state index contributed by atoms with van der Waals surface area (Å²) in [5.74, 6) is 1.20. The van der Waals surface area contributed by atoms with Gasteiger partial charge in [-0.05, 0) is 37.5 Å². The van der Waals surface area contributed by atoms with Crippen molar-refractivity contribution in [3.8, 4) is 0 Å². The molecular formula is C13H21NO2. The summed E-state index contributed by atoms with van der Waals surface area (Å²) < 4.78 is 4.83. The van der Waals surface area contributed by atoms with E-state index in [9.17, 15) is 5.11 Å². The molecule has 0 aliphatic heterocycles. The smallest absolute Gasteiger partial charge is 0.126 e. The molecule has 16 heavy (non-hydrogen) atoms. The van der Waals surface area contributed by atoms with Crippen LogP contribution in [0.2, 0.25) is 0 Å². The third-order valence-corrected chi connectivity index (χ3v) is 3.73. The van der Waals surface area contributed by atoms with Crippen molar-refractivity contribution in [3.05, 3.63) is 18.0 Å². The molecular weight excluding hydrogens is 202 g/mol. The van der Waals surface area contributed by atoms with Crippen molar-refractivity contribution < 1.29 is 9.63 Å². The minimum Gasteiger partial charge on any atom is -0.393 e. The number of hydrogen-bond acceptors (Lipinski definition) is 3. The van der Waals surface area contributed by atoms with Gasteiger partial charge in [-0.15, -0.1) is 0 Å². The summed E-state index contributed by atoms with van der Waals surface area (Å²) in [5.41, 5.74) is 1.11. The van der Waals surface area contributed by atoms with Crippen LogP contribution >= 0.6 is 0 Å². The van der Waals surface area contributed by atoms with E-state index in [1.165, 1.54) is 19.3 Å². The Hall–Kier alpha value is -0.830. The standard InChI is InChI=1S/C13H21NO2/c1-2-3-10-4-5-13(15)12(6-10)7-11-8-14-16-9-11/h8-10,12-13,15H,2-7H2,1H3. The number of hydrogen-bond donors (Lipinski definition) is 1. The van der Waals surface area contributed by atoms with Crippen LogP contribution in [0.5, 0.6) is 0 Å². The summed E-state index contributed by atoms with van der Waals surface area (Å²) in [6.07, 6.45) is 10.1. The first-order valence-electron chi connectivity index (χ1n) is 6.36. The molecule has 0 amide bonds. The molecule has 1 aromatic heterocycles. The van der Waals surface area contributed by atoms with Crippen LogP contribution < -0.4 is 0 Å². The predicted octanol–water partition coefficient (Wildman–Crippen LogP) is 2.79. The Kier molecular flexibility index (Phi) is 3.99. The van der Waals surface area contributed by atoms with Gasteiger partial charge >= 0.3 is 0 Å². The summed E-state index contributed by atoms with van der Waals surface area (Å²) in [5, 5.41) is 13.7. The molecule has 90 valence electrons. The molecule has 3 heteroatoms. The third kappa shape index (κ3) is 2.85. The molecule has 2 rings (SSSR count). The van der Waals surface area contributed by atoms with Crippen molar-refractivity contribution in [2.24, 2.45) is 11.8 Å². The van der Waals surface area contributed by atoms with Gasteiger partial charge in [0.05, 0.1) is 12.3 Å². The number of aliphatic hydroxyl groups is 1. The highest BCUT2D eigenvalue weighted by Gasteiger charge is 2.28. The highest BCUT2D eigenvalue weighted by molar-refractivity contribution is 5.03. The van der Waals surface area contributed by atoms with Crippen LogP contribution in [0.1, 0.15) is 44.6 Å². The number of aromatic nitrogens is 1. The van der Waals surface area contributed by atoms with E-state index >= 15 is 0 Å². The average Bonchev–Trinajstić information content (AvgIpc) is 2.76. The molecule has 3 atom stereocenters. The molecule has 0 bridgehead atoms. The molecule has 1 N–H and O–H groups in total. The van der Waals surface area contributed by atoms with Gasteiger partial charge in [0.25, 0.3) is 0 Å². The van der Waals surface area contributed by atoms with Crippen molar-refractivity contribution in [2.75, 3.05) is 0 Å². The van der Waals surface area contributed by atoms with Crippen LogP contribution in [0.4, 0.5) is 0 Å². The average molecular weight is 223 g/mol. The van der Waals surface area contributed by atoms with Crippen LogP contribution in [0.25, 0.3) is 0 Å². The normalized spacial score (nSPS) is 30.5. The molecule has 0 saturated heterocycles. The first-order chi connectivity index (χ1) is 7.79. The Morgan fingerprint density at radius 3 is 3.06 bits per heavy atom. The van der Waals surface area contributed by atoms with Gasteiger partial charge in [-0.25, -0.2) is 0 Å². The second-order valence-electron chi connectivity index (χ2n) is 5.03. The lowest BCUT2D eigenvalue weighted by Gasteiger charge is -2.33. The Balaban J connectivity index is 1.91. The van der Waals surface area contributed by atoms with Crippen molar-refractivity contribution in [1.82, 2.24) is 5.16 Å². The fourth-order valence-electron chi connectivity index (χ4n) is 2.87. The molecule has 0 spiro atoms. The molecule has 1 fully saturated rings. The quantitative estimate of drug-likeness (QED) is 0.853.